The van der Waals surface area contributed by atoms with Crippen LogP contribution in [0.25, 0.3) is 10.8 Å². The molecular formula is C23H24N2O4. The number of nitrogens with one attached hydrogen (secondary N) is 2. The van der Waals surface area contributed by atoms with Crippen molar-refractivity contribution in [3.05, 3.63) is 60.7 Å². The van der Waals surface area contributed by atoms with Crippen LogP contribution in [0.1, 0.15) is 13.8 Å². The summed E-state index contributed by atoms with van der Waals surface area (Å²) in [5.41, 5.74) is 1.10. The molecule has 0 heterocycles. The van der Waals surface area contributed by atoms with Gasteiger partial charge in [-0.1, -0.05) is 44.2 Å². The van der Waals surface area contributed by atoms with E-state index in [9.17, 15) is 9.59 Å². The topological polar surface area (TPSA) is 76.7 Å². The molecule has 0 aliphatic rings. The van der Waals surface area contributed by atoms with Crippen LogP contribution in [0, 0.1) is 5.92 Å². The molecule has 6 heteroatoms. The van der Waals surface area contributed by atoms with Gasteiger partial charge in [-0.3, -0.25) is 9.59 Å². The van der Waals surface area contributed by atoms with Crippen LogP contribution in [-0.4, -0.2) is 25.5 Å². The summed E-state index contributed by atoms with van der Waals surface area (Å²) in [7, 11) is 1.51. The van der Waals surface area contributed by atoms with E-state index in [1.54, 1.807) is 18.2 Å². The van der Waals surface area contributed by atoms with Crippen molar-refractivity contribution in [2.24, 2.45) is 5.92 Å². The fourth-order valence-electron chi connectivity index (χ4n) is 2.75. The predicted octanol–water partition coefficient (Wildman–Crippen LogP) is 4.46. The van der Waals surface area contributed by atoms with Crippen molar-refractivity contribution in [3.63, 3.8) is 0 Å². The van der Waals surface area contributed by atoms with Gasteiger partial charge in [-0.15, -0.1) is 0 Å². The largest absolute Gasteiger partial charge is 0.494 e. The van der Waals surface area contributed by atoms with E-state index in [1.807, 2.05) is 56.3 Å². The number of fused-ring (bicyclic) bond motifs is 1. The summed E-state index contributed by atoms with van der Waals surface area (Å²) in [6.07, 6.45) is 0. The van der Waals surface area contributed by atoms with Crippen molar-refractivity contribution in [2.75, 3.05) is 24.4 Å². The zero-order valence-electron chi connectivity index (χ0n) is 16.7. The van der Waals surface area contributed by atoms with Crippen molar-refractivity contribution < 1.29 is 19.1 Å². The second-order valence-electron chi connectivity index (χ2n) is 6.90. The fraction of sp³-hybridized carbons (Fsp3) is 0.217. The Morgan fingerprint density at radius 2 is 1.69 bits per heavy atom. The zero-order valence-corrected chi connectivity index (χ0v) is 16.7. The number of rotatable bonds is 7. The van der Waals surface area contributed by atoms with Crippen molar-refractivity contribution in [3.8, 4) is 11.5 Å². The smallest absolute Gasteiger partial charge is 0.262 e. The van der Waals surface area contributed by atoms with E-state index in [1.165, 1.54) is 7.11 Å². The standard InChI is InChI=1S/C23H24N2O4/c1-15(2)23(27)25-20-11-9-18(13-21(20)28-3)24-22(26)14-29-19-10-8-16-6-4-5-7-17(16)12-19/h4-13,15H,14H2,1-3H3,(H,24,26)(H,25,27). The molecule has 0 saturated carbocycles. The maximum Gasteiger partial charge on any atom is 0.262 e. The maximum atomic E-state index is 12.3. The molecule has 0 saturated heterocycles. The minimum atomic E-state index is -0.292. The van der Waals surface area contributed by atoms with Crippen molar-refractivity contribution >= 4 is 34.0 Å². The average Bonchev–Trinajstić information content (AvgIpc) is 2.73. The lowest BCUT2D eigenvalue weighted by Gasteiger charge is -2.14. The number of carbonyl (C=O) groups is 2. The lowest BCUT2D eigenvalue weighted by molar-refractivity contribution is -0.119. The Morgan fingerprint density at radius 3 is 2.41 bits per heavy atom. The van der Waals surface area contributed by atoms with E-state index < -0.39 is 0 Å². The molecule has 150 valence electrons. The molecule has 0 unspecified atom stereocenters. The summed E-state index contributed by atoms with van der Waals surface area (Å²) in [6, 6.07) is 18.7. The molecule has 0 aliphatic heterocycles. The summed E-state index contributed by atoms with van der Waals surface area (Å²) < 4.78 is 10.9. The van der Waals surface area contributed by atoms with Gasteiger partial charge in [-0.25, -0.2) is 0 Å². The summed E-state index contributed by atoms with van der Waals surface area (Å²) >= 11 is 0. The third-order valence-corrected chi connectivity index (χ3v) is 4.36. The molecule has 3 aromatic carbocycles. The molecule has 0 atom stereocenters. The van der Waals surface area contributed by atoms with Gasteiger partial charge in [0, 0.05) is 17.7 Å². The molecule has 3 rings (SSSR count). The Labute approximate surface area is 169 Å². The third-order valence-electron chi connectivity index (χ3n) is 4.36. The molecule has 2 amide bonds. The Balaban J connectivity index is 1.61. The minimum absolute atomic E-state index is 0.108. The summed E-state index contributed by atoms with van der Waals surface area (Å²) in [5, 5.41) is 7.73. The van der Waals surface area contributed by atoms with Crippen molar-refractivity contribution in [2.45, 2.75) is 13.8 Å². The van der Waals surface area contributed by atoms with E-state index in [-0.39, 0.29) is 24.3 Å². The number of hydrogen-bond donors (Lipinski definition) is 2. The number of benzene rings is 3. The maximum absolute atomic E-state index is 12.3. The molecule has 0 radical (unpaired) electrons. The van der Waals surface area contributed by atoms with Gasteiger partial charge in [0.1, 0.15) is 11.5 Å². The first kappa shape index (κ1) is 20.2. The lowest BCUT2D eigenvalue weighted by atomic mass is 10.1. The highest BCUT2D eigenvalue weighted by atomic mass is 16.5. The number of methoxy groups -OCH3 is 1. The van der Waals surface area contributed by atoms with Gasteiger partial charge >= 0.3 is 0 Å². The second kappa shape index (κ2) is 9.10. The first-order valence-electron chi connectivity index (χ1n) is 9.36. The molecule has 2 N–H and O–H groups in total. The number of anilines is 2. The predicted molar refractivity (Wildman–Crippen MR) is 115 cm³/mol. The lowest BCUT2D eigenvalue weighted by Crippen LogP contribution is -2.20. The SMILES string of the molecule is COc1cc(NC(=O)COc2ccc3ccccc3c2)ccc1NC(=O)C(C)C. The Kier molecular flexibility index (Phi) is 6.34. The third kappa shape index (κ3) is 5.25. The summed E-state index contributed by atoms with van der Waals surface area (Å²) in [6.45, 7) is 3.50. The van der Waals surface area contributed by atoms with E-state index in [4.69, 9.17) is 9.47 Å². The van der Waals surface area contributed by atoms with Crippen LogP contribution >= 0.6 is 0 Å². The highest BCUT2D eigenvalue weighted by Crippen LogP contribution is 2.28. The van der Waals surface area contributed by atoms with Crippen LogP contribution < -0.4 is 20.1 Å². The van der Waals surface area contributed by atoms with Crippen LogP contribution in [0.4, 0.5) is 11.4 Å². The first-order valence-corrected chi connectivity index (χ1v) is 9.36. The van der Waals surface area contributed by atoms with Gasteiger partial charge in [-0.2, -0.15) is 0 Å². The minimum Gasteiger partial charge on any atom is -0.494 e. The van der Waals surface area contributed by atoms with Crippen LogP contribution in [0.15, 0.2) is 60.7 Å². The van der Waals surface area contributed by atoms with Crippen LogP contribution in [0.3, 0.4) is 0 Å². The van der Waals surface area contributed by atoms with Crippen molar-refractivity contribution in [1.29, 1.82) is 0 Å². The number of ether oxygens (including phenoxy) is 2. The van der Waals surface area contributed by atoms with E-state index in [0.29, 0.717) is 22.9 Å². The van der Waals surface area contributed by atoms with Gasteiger partial charge in [0.15, 0.2) is 6.61 Å². The Morgan fingerprint density at radius 1 is 0.931 bits per heavy atom. The Hall–Kier alpha value is -3.54. The molecule has 3 aromatic rings. The van der Waals surface area contributed by atoms with Gasteiger partial charge in [0.2, 0.25) is 5.91 Å². The molecule has 0 fully saturated rings. The molecule has 0 spiro atoms. The highest BCUT2D eigenvalue weighted by molar-refractivity contribution is 5.95. The fourth-order valence-corrected chi connectivity index (χ4v) is 2.75. The van der Waals surface area contributed by atoms with Crippen LogP contribution in [-0.2, 0) is 9.59 Å². The molecular weight excluding hydrogens is 368 g/mol. The van der Waals surface area contributed by atoms with Gasteiger partial charge in [0.25, 0.3) is 5.91 Å². The normalized spacial score (nSPS) is 10.6. The molecule has 6 nitrogen and oxygen atoms in total. The van der Waals surface area contributed by atoms with Crippen molar-refractivity contribution in [1.82, 2.24) is 0 Å². The molecule has 29 heavy (non-hydrogen) atoms. The first-order chi connectivity index (χ1) is 14.0. The average molecular weight is 392 g/mol. The molecule has 0 aromatic heterocycles. The quantitative estimate of drug-likeness (QED) is 0.622. The van der Waals surface area contributed by atoms with Crippen LogP contribution in [0.2, 0.25) is 0 Å². The highest BCUT2D eigenvalue weighted by Gasteiger charge is 2.12. The summed E-state index contributed by atoms with van der Waals surface area (Å²) in [5.74, 6) is 0.546. The summed E-state index contributed by atoms with van der Waals surface area (Å²) in [4.78, 5) is 24.1. The number of amides is 2. The monoisotopic (exact) mass is 392 g/mol. The molecule has 0 aliphatic carbocycles. The number of hydrogen-bond acceptors (Lipinski definition) is 4. The van der Waals surface area contributed by atoms with Gasteiger partial charge in [-0.05, 0) is 35.0 Å². The Bertz CT molecular complexity index is 1030. The van der Waals surface area contributed by atoms with Crippen LogP contribution in [0.5, 0.6) is 11.5 Å². The van der Waals surface area contributed by atoms with Gasteiger partial charge < -0.3 is 20.1 Å². The zero-order chi connectivity index (χ0) is 20.8. The molecule has 0 bridgehead atoms. The number of carbonyl (C=O) groups excluding carboxylic acids is 2. The van der Waals surface area contributed by atoms with Gasteiger partial charge in [0.05, 0.1) is 12.8 Å². The van der Waals surface area contributed by atoms with E-state index >= 15 is 0 Å². The van der Waals surface area contributed by atoms with E-state index in [2.05, 4.69) is 10.6 Å². The second-order valence-corrected chi connectivity index (χ2v) is 6.90. The van der Waals surface area contributed by atoms with E-state index in [0.717, 1.165) is 10.8 Å².